The first-order valence-corrected chi connectivity index (χ1v) is 4.72. The summed E-state index contributed by atoms with van der Waals surface area (Å²) in [5, 5.41) is 0. The minimum absolute atomic E-state index is 0.386. The molecule has 1 heterocycles. The monoisotopic (exact) mass is 211 g/mol. The zero-order chi connectivity index (χ0) is 11.3. The molecule has 0 aliphatic carbocycles. The summed E-state index contributed by atoms with van der Waals surface area (Å²) in [7, 11) is 4.86. The van der Waals surface area contributed by atoms with Gasteiger partial charge in [0.05, 0.1) is 6.61 Å². The number of nitrogens with zero attached hydrogens (tertiary/aromatic N) is 1. The third-order valence-corrected chi connectivity index (χ3v) is 2.14. The molecule has 84 valence electrons. The van der Waals surface area contributed by atoms with Gasteiger partial charge < -0.3 is 14.2 Å². The van der Waals surface area contributed by atoms with Crippen LogP contribution in [0.5, 0.6) is 0 Å². The van der Waals surface area contributed by atoms with Crippen LogP contribution in [-0.4, -0.2) is 26.3 Å². The lowest BCUT2D eigenvalue weighted by Crippen LogP contribution is -2.09. The van der Waals surface area contributed by atoms with Crippen LogP contribution < -0.4 is 0 Å². The maximum Gasteiger partial charge on any atom is 0.184 e. The summed E-state index contributed by atoms with van der Waals surface area (Å²) in [6.07, 6.45) is 1.38. The van der Waals surface area contributed by atoms with Crippen LogP contribution in [0.2, 0.25) is 0 Å². The van der Waals surface area contributed by atoms with E-state index in [2.05, 4.69) is 4.98 Å². The highest BCUT2D eigenvalue weighted by atomic mass is 16.7. The first kappa shape index (κ1) is 12.1. The Bertz CT molecular complexity index is 311. The molecule has 0 aliphatic rings. The number of hydrogen-bond donors (Lipinski definition) is 0. The minimum Gasteiger partial charge on any atom is -0.380 e. The van der Waals surface area contributed by atoms with Crippen molar-refractivity contribution in [1.82, 2.24) is 4.98 Å². The zero-order valence-corrected chi connectivity index (χ0v) is 9.61. The largest absolute Gasteiger partial charge is 0.380 e. The summed E-state index contributed by atoms with van der Waals surface area (Å²) in [5.74, 6) is 0. The van der Waals surface area contributed by atoms with Crippen LogP contribution in [0, 0.1) is 6.92 Å². The van der Waals surface area contributed by atoms with E-state index in [-0.39, 0.29) is 6.29 Å². The van der Waals surface area contributed by atoms with Gasteiger partial charge in [-0.2, -0.15) is 0 Å². The Kier molecular flexibility index (Phi) is 4.68. The van der Waals surface area contributed by atoms with Crippen molar-refractivity contribution in [1.29, 1.82) is 0 Å². The van der Waals surface area contributed by atoms with Gasteiger partial charge in [0, 0.05) is 38.8 Å². The smallest absolute Gasteiger partial charge is 0.184 e. The molecule has 0 saturated heterocycles. The standard InChI is InChI=1S/C11H17NO3/c1-8-5-9(7-13-2)10(6-12-8)11(14-3)15-4/h5-6,11H,7H2,1-4H3. The topological polar surface area (TPSA) is 40.6 Å². The number of aryl methyl sites for hydroxylation is 1. The summed E-state index contributed by atoms with van der Waals surface area (Å²) in [4.78, 5) is 4.22. The number of methoxy groups -OCH3 is 3. The van der Waals surface area contributed by atoms with Gasteiger partial charge in [0.15, 0.2) is 6.29 Å². The van der Waals surface area contributed by atoms with Crippen molar-refractivity contribution >= 4 is 0 Å². The maximum atomic E-state index is 5.19. The Hall–Kier alpha value is -0.970. The molecule has 0 saturated carbocycles. The van der Waals surface area contributed by atoms with Gasteiger partial charge in [-0.15, -0.1) is 0 Å². The predicted molar refractivity (Wildman–Crippen MR) is 56.4 cm³/mol. The molecule has 0 amide bonds. The highest BCUT2D eigenvalue weighted by molar-refractivity contribution is 5.26. The van der Waals surface area contributed by atoms with Crippen molar-refractivity contribution in [2.75, 3.05) is 21.3 Å². The molecule has 1 aromatic heterocycles. The van der Waals surface area contributed by atoms with E-state index in [1.165, 1.54) is 0 Å². The average Bonchev–Trinajstić information content (AvgIpc) is 2.23. The highest BCUT2D eigenvalue weighted by Gasteiger charge is 2.14. The van der Waals surface area contributed by atoms with Gasteiger partial charge in [0.25, 0.3) is 0 Å². The first-order valence-electron chi connectivity index (χ1n) is 4.72. The van der Waals surface area contributed by atoms with E-state index in [0.29, 0.717) is 6.61 Å². The van der Waals surface area contributed by atoms with Gasteiger partial charge in [0.2, 0.25) is 0 Å². The van der Waals surface area contributed by atoms with Gasteiger partial charge in [0.1, 0.15) is 0 Å². The van der Waals surface area contributed by atoms with Crippen molar-refractivity contribution in [3.8, 4) is 0 Å². The highest BCUT2D eigenvalue weighted by Crippen LogP contribution is 2.21. The Morgan fingerprint density at radius 1 is 1.27 bits per heavy atom. The van der Waals surface area contributed by atoms with Gasteiger partial charge in [-0.05, 0) is 18.6 Å². The Morgan fingerprint density at radius 3 is 2.47 bits per heavy atom. The lowest BCUT2D eigenvalue weighted by Gasteiger charge is -2.17. The normalized spacial score (nSPS) is 11.0. The average molecular weight is 211 g/mol. The first-order chi connectivity index (χ1) is 7.22. The Balaban J connectivity index is 3.03. The van der Waals surface area contributed by atoms with E-state index < -0.39 is 0 Å². The van der Waals surface area contributed by atoms with Gasteiger partial charge in [-0.1, -0.05) is 0 Å². The van der Waals surface area contributed by atoms with Crippen LogP contribution >= 0.6 is 0 Å². The minimum atomic E-state index is -0.386. The molecule has 0 fully saturated rings. The van der Waals surface area contributed by atoms with Crippen LogP contribution in [0.4, 0.5) is 0 Å². The SMILES string of the molecule is COCc1cc(C)ncc1C(OC)OC. The quantitative estimate of drug-likeness (QED) is 0.697. The second-order valence-corrected chi connectivity index (χ2v) is 3.26. The second-order valence-electron chi connectivity index (χ2n) is 3.26. The molecule has 0 aromatic carbocycles. The lowest BCUT2D eigenvalue weighted by molar-refractivity contribution is -0.107. The molecule has 15 heavy (non-hydrogen) atoms. The van der Waals surface area contributed by atoms with Crippen LogP contribution in [0.1, 0.15) is 23.1 Å². The third-order valence-electron chi connectivity index (χ3n) is 2.14. The van der Waals surface area contributed by atoms with Gasteiger partial charge >= 0.3 is 0 Å². The van der Waals surface area contributed by atoms with Crippen molar-refractivity contribution in [2.45, 2.75) is 19.8 Å². The number of hydrogen-bond acceptors (Lipinski definition) is 4. The fraction of sp³-hybridized carbons (Fsp3) is 0.545. The van der Waals surface area contributed by atoms with Crippen LogP contribution in [0.15, 0.2) is 12.3 Å². The number of pyridine rings is 1. The van der Waals surface area contributed by atoms with Crippen molar-refractivity contribution < 1.29 is 14.2 Å². The van der Waals surface area contributed by atoms with E-state index in [9.17, 15) is 0 Å². The van der Waals surface area contributed by atoms with Crippen molar-refractivity contribution in [3.05, 3.63) is 29.1 Å². The van der Waals surface area contributed by atoms with Crippen LogP contribution in [0.3, 0.4) is 0 Å². The van der Waals surface area contributed by atoms with Gasteiger partial charge in [-0.3, -0.25) is 4.98 Å². The molecular formula is C11H17NO3. The van der Waals surface area contributed by atoms with Gasteiger partial charge in [-0.25, -0.2) is 0 Å². The summed E-state index contributed by atoms with van der Waals surface area (Å²) < 4.78 is 15.5. The summed E-state index contributed by atoms with van der Waals surface area (Å²) in [6.45, 7) is 2.47. The number of rotatable bonds is 5. The fourth-order valence-electron chi connectivity index (χ4n) is 1.47. The molecule has 0 N–H and O–H groups in total. The molecule has 0 bridgehead atoms. The van der Waals surface area contributed by atoms with Crippen molar-refractivity contribution in [3.63, 3.8) is 0 Å². The molecule has 0 unspecified atom stereocenters. The molecule has 1 rings (SSSR count). The Labute approximate surface area is 90.2 Å². The molecule has 4 nitrogen and oxygen atoms in total. The molecule has 0 aliphatic heterocycles. The number of aromatic nitrogens is 1. The van der Waals surface area contributed by atoms with Crippen LogP contribution in [0.25, 0.3) is 0 Å². The molecule has 4 heteroatoms. The summed E-state index contributed by atoms with van der Waals surface area (Å²) in [6, 6.07) is 1.98. The zero-order valence-electron chi connectivity index (χ0n) is 9.61. The van der Waals surface area contributed by atoms with E-state index in [1.807, 2.05) is 13.0 Å². The van der Waals surface area contributed by atoms with E-state index >= 15 is 0 Å². The number of ether oxygens (including phenoxy) is 3. The van der Waals surface area contributed by atoms with E-state index in [4.69, 9.17) is 14.2 Å². The maximum absolute atomic E-state index is 5.19. The molecule has 0 radical (unpaired) electrons. The van der Waals surface area contributed by atoms with Crippen molar-refractivity contribution in [2.24, 2.45) is 0 Å². The fourth-order valence-corrected chi connectivity index (χ4v) is 1.47. The molecule has 1 aromatic rings. The molecule has 0 atom stereocenters. The Morgan fingerprint density at radius 2 is 1.93 bits per heavy atom. The van der Waals surface area contributed by atoms with E-state index in [1.54, 1.807) is 27.5 Å². The lowest BCUT2D eigenvalue weighted by atomic mass is 10.1. The second kappa shape index (κ2) is 5.80. The van der Waals surface area contributed by atoms with E-state index in [0.717, 1.165) is 16.8 Å². The summed E-state index contributed by atoms with van der Waals surface area (Å²) in [5.41, 5.74) is 2.91. The summed E-state index contributed by atoms with van der Waals surface area (Å²) >= 11 is 0. The molecular weight excluding hydrogens is 194 g/mol. The predicted octanol–water partition coefficient (Wildman–Crippen LogP) is 1.83. The van der Waals surface area contributed by atoms with Crippen LogP contribution in [-0.2, 0) is 20.8 Å². The third kappa shape index (κ3) is 2.99. The molecule has 0 spiro atoms.